The van der Waals surface area contributed by atoms with Gasteiger partial charge in [0.1, 0.15) is 24.0 Å². The van der Waals surface area contributed by atoms with E-state index in [1.54, 1.807) is 19.9 Å². The number of methoxy groups -OCH3 is 2. The number of anilines is 1. The number of fused-ring (bicyclic) bond motifs is 4. The largest absolute Gasteiger partial charge is 0.456 e. The molecule has 1 aromatic carbocycles. The molecule has 14 unspecified atom stereocenters. The lowest BCUT2D eigenvalue weighted by molar-refractivity contribution is -0.302. The molecule has 1 aliphatic carbocycles. The van der Waals surface area contributed by atoms with Crippen LogP contribution < -0.4 is 5.32 Å². The lowest BCUT2D eigenvalue weighted by atomic mass is 9.81. The molecule has 2 aromatic rings. The summed E-state index contributed by atoms with van der Waals surface area (Å²) in [6.45, 7) is 13.7. The smallest absolute Gasteiger partial charge is 0.329 e. The number of nitrogens with one attached hydrogen (secondary N) is 1. The van der Waals surface area contributed by atoms with E-state index in [4.69, 9.17) is 18.9 Å². The Morgan fingerprint density at radius 1 is 0.971 bits per heavy atom. The number of aliphatic hydroxyl groups excluding tert-OH is 3. The third-order valence-corrected chi connectivity index (χ3v) is 15.1. The molecule has 2 saturated heterocycles. The molecule has 5 N–H and O–H groups in total. The van der Waals surface area contributed by atoms with Crippen molar-refractivity contribution in [2.75, 3.05) is 32.7 Å². The molecule has 376 valence electrons. The van der Waals surface area contributed by atoms with Gasteiger partial charge < -0.3 is 54.2 Å². The Labute approximate surface area is 401 Å². The Balaban J connectivity index is 1.29. The van der Waals surface area contributed by atoms with Gasteiger partial charge in [-0.3, -0.25) is 14.4 Å². The van der Waals surface area contributed by atoms with Crippen molar-refractivity contribution < 1.29 is 58.6 Å². The molecule has 1 aromatic heterocycles. The molecule has 1 amide bonds. The zero-order chi connectivity index (χ0) is 49.4. The Morgan fingerprint density at radius 2 is 1.71 bits per heavy atom. The van der Waals surface area contributed by atoms with E-state index < -0.39 is 83.9 Å². The van der Waals surface area contributed by atoms with Crippen LogP contribution in [0.2, 0.25) is 0 Å². The van der Waals surface area contributed by atoms with Crippen molar-refractivity contribution in [1.29, 1.82) is 0 Å². The number of hydrogen-bond donors (Lipinski definition) is 5. The summed E-state index contributed by atoms with van der Waals surface area (Å²) in [7, 11) is 3.05. The molecule has 3 aliphatic heterocycles. The van der Waals surface area contributed by atoms with E-state index >= 15 is 0 Å². The number of cyclic esters (lactones) is 1. The fourth-order valence-electron chi connectivity index (χ4n) is 11.2. The number of carbonyl (C=O) groups is 4. The van der Waals surface area contributed by atoms with Crippen molar-refractivity contribution in [2.45, 2.75) is 166 Å². The van der Waals surface area contributed by atoms with Crippen LogP contribution in [0, 0.1) is 29.6 Å². The topological polar surface area (TPSA) is 206 Å². The van der Waals surface area contributed by atoms with Gasteiger partial charge in [0.05, 0.1) is 37.1 Å². The van der Waals surface area contributed by atoms with Crippen LogP contribution in [0.4, 0.5) is 5.69 Å². The normalized spacial score (nSPS) is 35.5. The second-order valence-electron chi connectivity index (χ2n) is 20.3. The molecule has 0 radical (unpaired) electrons. The molecular weight excluding hydrogens is 871 g/mol. The summed E-state index contributed by atoms with van der Waals surface area (Å²) in [5.74, 6) is -8.02. The van der Waals surface area contributed by atoms with E-state index in [9.17, 15) is 39.6 Å². The zero-order valence-electron chi connectivity index (χ0n) is 41.2. The highest BCUT2D eigenvalue weighted by Crippen LogP contribution is 2.39. The second kappa shape index (κ2) is 23.6. The lowest BCUT2D eigenvalue weighted by Gasteiger charge is -2.47. The second-order valence-corrected chi connectivity index (χ2v) is 20.3. The van der Waals surface area contributed by atoms with Crippen molar-refractivity contribution in [1.82, 2.24) is 9.47 Å². The van der Waals surface area contributed by atoms with Crippen molar-refractivity contribution in [2.24, 2.45) is 29.6 Å². The number of esters is 1. The summed E-state index contributed by atoms with van der Waals surface area (Å²) in [6, 6.07) is 6.61. The van der Waals surface area contributed by atoms with Crippen LogP contribution in [0.5, 0.6) is 0 Å². The van der Waals surface area contributed by atoms with Crippen molar-refractivity contribution in [3.63, 3.8) is 0 Å². The van der Waals surface area contributed by atoms with E-state index in [0.717, 1.165) is 22.2 Å². The molecule has 0 spiro atoms. The Hall–Kier alpha value is -4.22. The van der Waals surface area contributed by atoms with Gasteiger partial charge in [-0.2, -0.15) is 0 Å². The Bertz CT molecular complexity index is 2150. The standard InChI is InChI=1S/C53H77N3O12/c1-9-12-38-24-31(2)23-32(3)25-46(65-7)49-47(66-8)27-34(5)53(64,68-49)50(61)51(62)56-19-11-10-13-42(56)52(63)67-48(35(6)43(58)30-44(38)59)33(4)26-36-14-16-40(45(60)28-36)54-39-15-17-41-37(29-39)18-20-55(41)21-22-57/h9,15,17-18,20,24,26,29,32,34-36,38,40,42-43,45-49,54,57-58,60,64H,1,10-14,16,19,21-23,25,27-28,30H2,2-8H3. The molecule has 14 atom stereocenters. The summed E-state index contributed by atoms with van der Waals surface area (Å²) < 4.78 is 26.4. The third kappa shape index (κ3) is 12.2. The van der Waals surface area contributed by atoms with Gasteiger partial charge in [0, 0.05) is 74.3 Å². The zero-order valence-corrected chi connectivity index (χ0v) is 41.2. The van der Waals surface area contributed by atoms with Crippen LogP contribution in [-0.4, -0.2) is 135 Å². The van der Waals surface area contributed by atoms with Gasteiger partial charge in [0.25, 0.3) is 11.7 Å². The van der Waals surface area contributed by atoms with Crippen LogP contribution >= 0.6 is 0 Å². The van der Waals surface area contributed by atoms with E-state index in [-0.39, 0.29) is 56.1 Å². The number of Topliss-reactive ketones (excluding diaryl/α,β-unsaturated/α-hetero) is 2. The number of benzene rings is 1. The molecule has 68 heavy (non-hydrogen) atoms. The minimum atomic E-state index is -2.53. The Kier molecular flexibility index (Phi) is 18.4. The molecule has 4 heterocycles. The number of piperidine rings is 1. The van der Waals surface area contributed by atoms with Gasteiger partial charge in [0.2, 0.25) is 5.79 Å². The van der Waals surface area contributed by atoms with Crippen LogP contribution in [0.15, 0.2) is 66.4 Å². The number of aliphatic hydroxyl groups is 4. The van der Waals surface area contributed by atoms with Crippen LogP contribution in [-0.2, 0) is 44.7 Å². The highest BCUT2D eigenvalue weighted by Gasteiger charge is 2.56. The predicted molar refractivity (Wildman–Crippen MR) is 258 cm³/mol. The van der Waals surface area contributed by atoms with Crippen molar-refractivity contribution in [3.05, 3.63) is 66.4 Å². The molecule has 2 bridgehead atoms. The first kappa shape index (κ1) is 53.1. The van der Waals surface area contributed by atoms with E-state index in [1.807, 2.05) is 68.0 Å². The SMILES string of the molecule is C=CCC1C=C(C)CC(C)CC(OC)C2OC(O)(C(=O)C(=O)N3CCCCC3C(=O)OC(C(C)=CC3CCC(Nc4ccc5c(ccn5CCO)c4)C(O)C3)C(C)C(O)CC1=O)C(C)CC2OC. The summed E-state index contributed by atoms with van der Waals surface area (Å²) in [4.78, 5) is 58.5. The molecule has 15 heteroatoms. The molecular formula is C53H77N3O12. The molecule has 6 rings (SSSR count). The van der Waals surface area contributed by atoms with Crippen LogP contribution in [0.3, 0.4) is 0 Å². The van der Waals surface area contributed by atoms with Gasteiger partial charge in [-0.1, -0.05) is 44.6 Å². The number of ether oxygens (including phenoxy) is 4. The van der Waals surface area contributed by atoms with E-state index in [1.165, 1.54) is 19.1 Å². The minimum absolute atomic E-state index is 0.00578. The molecule has 4 aliphatic rings. The van der Waals surface area contributed by atoms with Crippen LogP contribution in [0.25, 0.3) is 10.9 Å². The number of aromatic nitrogens is 1. The van der Waals surface area contributed by atoms with Gasteiger partial charge in [-0.05, 0) is 120 Å². The van der Waals surface area contributed by atoms with E-state index in [0.29, 0.717) is 63.5 Å². The fraction of sp³-hybridized carbons (Fsp3) is 0.660. The van der Waals surface area contributed by atoms with E-state index in [2.05, 4.69) is 11.9 Å². The summed E-state index contributed by atoms with van der Waals surface area (Å²) in [6.07, 6.45) is 6.88. The van der Waals surface area contributed by atoms with Gasteiger partial charge >= 0.3 is 5.97 Å². The number of rotatable bonds is 10. The number of nitrogens with zero attached hydrogens (tertiary/aromatic N) is 2. The third-order valence-electron chi connectivity index (χ3n) is 15.1. The quantitative estimate of drug-likeness (QED) is 0.105. The van der Waals surface area contributed by atoms with Crippen molar-refractivity contribution in [3.8, 4) is 0 Å². The summed E-state index contributed by atoms with van der Waals surface area (Å²) in [5, 5.41) is 49.5. The van der Waals surface area contributed by atoms with Gasteiger partial charge in [0.15, 0.2) is 0 Å². The highest BCUT2D eigenvalue weighted by molar-refractivity contribution is 6.39. The molecule has 15 nitrogen and oxygen atoms in total. The lowest BCUT2D eigenvalue weighted by Crippen LogP contribution is -2.64. The minimum Gasteiger partial charge on any atom is -0.456 e. The molecule has 3 fully saturated rings. The van der Waals surface area contributed by atoms with Crippen molar-refractivity contribution >= 4 is 40.0 Å². The van der Waals surface area contributed by atoms with Gasteiger partial charge in [-0.15, -0.1) is 6.58 Å². The predicted octanol–water partition coefficient (Wildman–Crippen LogP) is 6.05. The summed E-state index contributed by atoms with van der Waals surface area (Å²) in [5.41, 5.74) is 3.46. The first-order valence-corrected chi connectivity index (χ1v) is 24.8. The first-order chi connectivity index (χ1) is 32.4. The average Bonchev–Trinajstić information content (AvgIpc) is 3.71. The number of ketones is 2. The average molecular weight is 948 g/mol. The number of amides is 1. The Morgan fingerprint density at radius 3 is 2.40 bits per heavy atom. The van der Waals surface area contributed by atoms with Crippen LogP contribution in [0.1, 0.15) is 105 Å². The maximum atomic E-state index is 14.5. The maximum absolute atomic E-state index is 14.5. The van der Waals surface area contributed by atoms with Gasteiger partial charge in [-0.25, -0.2) is 4.79 Å². The number of allylic oxidation sites excluding steroid dienone is 4. The summed E-state index contributed by atoms with van der Waals surface area (Å²) >= 11 is 0. The monoisotopic (exact) mass is 948 g/mol. The number of hydrogen-bond acceptors (Lipinski definition) is 13. The number of carbonyl (C=O) groups excluding carboxylic acids is 4. The maximum Gasteiger partial charge on any atom is 0.329 e. The highest BCUT2D eigenvalue weighted by atomic mass is 16.7. The first-order valence-electron chi connectivity index (χ1n) is 24.8. The fourth-order valence-corrected chi connectivity index (χ4v) is 11.2. The molecule has 1 saturated carbocycles.